The summed E-state index contributed by atoms with van der Waals surface area (Å²) in [4.78, 5) is 14.8. The molecule has 33 heavy (non-hydrogen) atoms. The molecule has 1 aliphatic rings. The summed E-state index contributed by atoms with van der Waals surface area (Å²) in [5, 5.41) is 11.6. The van der Waals surface area contributed by atoms with E-state index in [-0.39, 0.29) is 48.3 Å². The van der Waals surface area contributed by atoms with Crippen molar-refractivity contribution in [1.82, 2.24) is 9.21 Å². The predicted octanol–water partition coefficient (Wildman–Crippen LogP) is 4.52. The molecule has 0 bridgehead atoms. The number of hydrogen-bond acceptors (Lipinski definition) is 6. The summed E-state index contributed by atoms with van der Waals surface area (Å²) in [5.74, 6) is 0.397. The first kappa shape index (κ1) is 23.3. The quantitative estimate of drug-likeness (QED) is 0.512. The smallest absolute Gasteiger partial charge is 0.264 e. The van der Waals surface area contributed by atoms with E-state index in [2.05, 4.69) is 0 Å². The first-order chi connectivity index (χ1) is 15.8. The summed E-state index contributed by atoms with van der Waals surface area (Å²) in [7, 11) is -3.98. The number of thiophene rings is 1. The SMILES string of the molecule is Cc1cc(Cl)cc(Oc2ccc(C#N)cc2S(=O)(=O)N2CCN(C(=O)c3cccs3)CC2)c1. The number of ether oxygens (including phenoxy) is 1. The highest BCUT2D eigenvalue weighted by molar-refractivity contribution is 7.89. The molecule has 0 spiro atoms. The molecule has 1 saturated heterocycles. The highest BCUT2D eigenvalue weighted by atomic mass is 35.5. The second kappa shape index (κ2) is 9.53. The van der Waals surface area contributed by atoms with Gasteiger partial charge >= 0.3 is 0 Å². The zero-order valence-electron chi connectivity index (χ0n) is 17.7. The molecule has 0 atom stereocenters. The van der Waals surface area contributed by atoms with Crippen LogP contribution in [0, 0.1) is 18.3 Å². The molecule has 170 valence electrons. The highest BCUT2D eigenvalue weighted by Gasteiger charge is 2.33. The van der Waals surface area contributed by atoms with Crippen LogP contribution in [0.2, 0.25) is 5.02 Å². The number of sulfonamides is 1. The third-order valence-corrected chi connectivity index (χ3v) is 8.19. The zero-order valence-corrected chi connectivity index (χ0v) is 20.1. The third kappa shape index (κ3) is 5.04. The number of carbonyl (C=O) groups excluding carboxylic acids is 1. The normalized spacial score (nSPS) is 14.6. The summed E-state index contributed by atoms with van der Waals surface area (Å²) in [6.07, 6.45) is 0. The Morgan fingerprint density at radius 2 is 1.88 bits per heavy atom. The molecule has 7 nitrogen and oxygen atoms in total. The van der Waals surface area contributed by atoms with Gasteiger partial charge in [0.1, 0.15) is 16.4 Å². The lowest BCUT2D eigenvalue weighted by atomic mass is 10.2. The fourth-order valence-corrected chi connectivity index (χ4v) is 6.11. The Bertz CT molecular complexity index is 1310. The van der Waals surface area contributed by atoms with Crippen molar-refractivity contribution >= 4 is 38.9 Å². The maximum Gasteiger partial charge on any atom is 0.264 e. The van der Waals surface area contributed by atoms with Gasteiger partial charge in [-0.3, -0.25) is 4.79 Å². The van der Waals surface area contributed by atoms with Gasteiger partial charge in [0, 0.05) is 31.2 Å². The van der Waals surface area contributed by atoms with Gasteiger partial charge in [0.2, 0.25) is 10.0 Å². The molecule has 1 amide bonds. The molecule has 0 saturated carbocycles. The van der Waals surface area contributed by atoms with Crippen molar-refractivity contribution in [1.29, 1.82) is 5.26 Å². The number of hydrogen-bond donors (Lipinski definition) is 0. The van der Waals surface area contributed by atoms with Gasteiger partial charge in [-0.15, -0.1) is 11.3 Å². The minimum atomic E-state index is -3.98. The molecule has 0 unspecified atom stereocenters. The predicted molar refractivity (Wildman–Crippen MR) is 126 cm³/mol. The second-order valence-corrected chi connectivity index (χ2v) is 10.8. The first-order valence-electron chi connectivity index (χ1n) is 10.1. The minimum Gasteiger partial charge on any atom is -0.456 e. The molecule has 1 aliphatic heterocycles. The van der Waals surface area contributed by atoms with E-state index in [1.807, 2.05) is 24.4 Å². The average molecular weight is 502 g/mol. The first-order valence-corrected chi connectivity index (χ1v) is 12.8. The Morgan fingerprint density at radius 3 is 2.52 bits per heavy atom. The summed E-state index contributed by atoms with van der Waals surface area (Å²) < 4.78 is 34.2. The molecule has 2 aromatic carbocycles. The molecule has 0 aliphatic carbocycles. The Balaban J connectivity index is 1.59. The van der Waals surface area contributed by atoms with Gasteiger partial charge < -0.3 is 9.64 Å². The Hall–Kier alpha value is -2.90. The fourth-order valence-electron chi connectivity index (χ4n) is 3.58. The van der Waals surface area contributed by atoms with Crippen molar-refractivity contribution in [3.63, 3.8) is 0 Å². The van der Waals surface area contributed by atoms with Crippen molar-refractivity contribution in [2.75, 3.05) is 26.2 Å². The van der Waals surface area contributed by atoms with Gasteiger partial charge in [0.15, 0.2) is 0 Å². The summed E-state index contributed by atoms with van der Waals surface area (Å²) >= 11 is 7.47. The van der Waals surface area contributed by atoms with Crippen LogP contribution in [-0.2, 0) is 10.0 Å². The van der Waals surface area contributed by atoms with Crippen LogP contribution < -0.4 is 4.74 Å². The highest BCUT2D eigenvalue weighted by Crippen LogP contribution is 2.33. The number of rotatable bonds is 5. The molecule has 3 aromatic rings. The molecule has 0 radical (unpaired) electrons. The van der Waals surface area contributed by atoms with Crippen molar-refractivity contribution in [2.24, 2.45) is 0 Å². The number of piperazine rings is 1. The van der Waals surface area contributed by atoms with Crippen molar-refractivity contribution in [3.05, 3.63) is 74.9 Å². The lowest BCUT2D eigenvalue weighted by Gasteiger charge is -2.34. The molecular formula is C23H20ClN3O4S2. The number of aryl methyl sites for hydroxylation is 1. The van der Waals surface area contributed by atoms with E-state index in [1.54, 1.807) is 29.2 Å². The van der Waals surface area contributed by atoms with Gasteiger partial charge in [-0.25, -0.2) is 8.42 Å². The van der Waals surface area contributed by atoms with Gasteiger partial charge in [0.25, 0.3) is 5.91 Å². The van der Waals surface area contributed by atoms with E-state index in [0.717, 1.165) is 5.56 Å². The largest absolute Gasteiger partial charge is 0.456 e. The van der Waals surface area contributed by atoms with Crippen LogP contribution in [0.25, 0.3) is 0 Å². The maximum absolute atomic E-state index is 13.5. The van der Waals surface area contributed by atoms with Crippen LogP contribution in [0.1, 0.15) is 20.8 Å². The molecular weight excluding hydrogens is 482 g/mol. The van der Waals surface area contributed by atoms with Gasteiger partial charge in [-0.05, 0) is 60.3 Å². The number of halogens is 1. The molecule has 1 aromatic heterocycles. The summed E-state index contributed by atoms with van der Waals surface area (Å²) in [6.45, 7) is 2.69. The van der Waals surface area contributed by atoms with Gasteiger partial charge in [0.05, 0.1) is 16.5 Å². The monoisotopic (exact) mass is 501 g/mol. The van der Waals surface area contributed by atoms with Crippen molar-refractivity contribution in [2.45, 2.75) is 11.8 Å². The van der Waals surface area contributed by atoms with E-state index in [1.165, 1.54) is 33.8 Å². The number of benzene rings is 2. The summed E-state index contributed by atoms with van der Waals surface area (Å²) in [6, 6.07) is 14.9. The van der Waals surface area contributed by atoms with Crippen molar-refractivity contribution < 1.29 is 17.9 Å². The van der Waals surface area contributed by atoms with Crippen LogP contribution in [0.5, 0.6) is 11.5 Å². The number of carbonyl (C=O) groups is 1. The summed E-state index contributed by atoms with van der Waals surface area (Å²) in [5.41, 5.74) is 1.07. The number of nitriles is 1. The van der Waals surface area contributed by atoms with E-state index in [9.17, 15) is 18.5 Å². The lowest BCUT2D eigenvalue weighted by Crippen LogP contribution is -2.50. The van der Waals surface area contributed by atoms with Crippen LogP contribution in [0.4, 0.5) is 0 Å². The Labute approximate surface area is 201 Å². The molecule has 4 rings (SSSR count). The fraction of sp³-hybridized carbons (Fsp3) is 0.217. The minimum absolute atomic E-state index is 0.0998. The van der Waals surface area contributed by atoms with Crippen LogP contribution in [0.15, 0.2) is 58.8 Å². The number of nitrogens with zero attached hydrogens (tertiary/aromatic N) is 3. The molecule has 10 heteroatoms. The molecule has 0 N–H and O–H groups in total. The van der Waals surface area contributed by atoms with Crippen LogP contribution in [-0.4, -0.2) is 49.7 Å². The van der Waals surface area contributed by atoms with E-state index < -0.39 is 10.0 Å². The van der Waals surface area contributed by atoms with Gasteiger partial charge in [-0.2, -0.15) is 9.57 Å². The van der Waals surface area contributed by atoms with E-state index in [4.69, 9.17) is 16.3 Å². The Kier molecular flexibility index (Phi) is 6.72. The average Bonchev–Trinajstić information content (AvgIpc) is 3.33. The number of amides is 1. The van der Waals surface area contributed by atoms with E-state index >= 15 is 0 Å². The topological polar surface area (TPSA) is 90.7 Å². The Morgan fingerprint density at radius 1 is 1.12 bits per heavy atom. The lowest BCUT2D eigenvalue weighted by molar-refractivity contribution is 0.0702. The van der Waals surface area contributed by atoms with Crippen LogP contribution in [0.3, 0.4) is 0 Å². The van der Waals surface area contributed by atoms with Crippen LogP contribution >= 0.6 is 22.9 Å². The molecule has 2 heterocycles. The third-order valence-electron chi connectivity index (χ3n) is 5.19. The second-order valence-electron chi connectivity index (χ2n) is 7.51. The standard InChI is InChI=1S/C23H20ClN3O4S2/c1-16-11-18(24)14-19(12-16)31-20-5-4-17(15-25)13-22(20)33(29,30)27-8-6-26(7-9-27)23(28)21-3-2-10-32-21/h2-5,10-14H,6-9H2,1H3. The van der Waals surface area contributed by atoms with Crippen molar-refractivity contribution in [3.8, 4) is 17.6 Å². The van der Waals surface area contributed by atoms with E-state index in [0.29, 0.717) is 15.6 Å². The van der Waals surface area contributed by atoms with Gasteiger partial charge in [-0.1, -0.05) is 17.7 Å². The molecule has 1 fully saturated rings. The maximum atomic E-state index is 13.5. The zero-order chi connectivity index (χ0) is 23.6.